The van der Waals surface area contributed by atoms with Gasteiger partial charge >= 0.3 is 0 Å². The van der Waals surface area contributed by atoms with Gasteiger partial charge in [0.2, 0.25) is 0 Å². The van der Waals surface area contributed by atoms with Gasteiger partial charge in [-0.1, -0.05) is 55.3 Å². The van der Waals surface area contributed by atoms with Crippen molar-refractivity contribution in [2.75, 3.05) is 20.1 Å². The summed E-state index contributed by atoms with van der Waals surface area (Å²) < 4.78 is 0. The van der Waals surface area contributed by atoms with Gasteiger partial charge in [0.15, 0.2) is 5.96 Å². The van der Waals surface area contributed by atoms with Crippen LogP contribution in [0.4, 0.5) is 0 Å². The molecule has 1 amide bonds. The molecule has 1 saturated carbocycles. The summed E-state index contributed by atoms with van der Waals surface area (Å²) >= 11 is 0. The molecule has 0 bridgehead atoms. The summed E-state index contributed by atoms with van der Waals surface area (Å²) in [6.45, 7) is 4.09. The van der Waals surface area contributed by atoms with Crippen LogP contribution in [0, 0.1) is 0 Å². The summed E-state index contributed by atoms with van der Waals surface area (Å²) in [7, 11) is 1.80. The number of aliphatic imine (C=N–C) groups is 1. The molecule has 29 heavy (non-hydrogen) atoms. The van der Waals surface area contributed by atoms with Crippen LogP contribution in [0.15, 0.2) is 59.6 Å². The summed E-state index contributed by atoms with van der Waals surface area (Å²) in [6.07, 6.45) is 4.98. The number of carbonyl (C=O) groups excluding carboxylic acids is 1. The van der Waals surface area contributed by atoms with Gasteiger partial charge in [-0.25, -0.2) is 0 Å². The van der Waals surface area contributed by atoms with Gasteiger partial charge < -0.3 is 16.0 Å². The lowest BCUT2D eigenvalue weighted by molar-refractivity contribution is 0.0956. The van der Waals surface area contributed by atoms with E-state index in [4.69, 9.17) is 0 Å². The second kappa shape index (κ2) is 10.1. The van der Waals surface area contributed by atoms with Gasteiger partial charge in [0.05, 0.1) is 0 Å². The Kier molecular flexibility index (Phi) is 7.28. The third-order valence-electron chi connectivity index (χ3n) is 5.78. The number of hydrogen-bond acceptors (Lipinski definition) is 2. The van der Waals surface area contributed by atoms with Crippen molar-refractivity contribution in [3.05, 3.63) is 71.3 Å². The third-order valence-corrected chi connectivity index (χ3v) is 5.78. The van der Waals surface area contributed by atoms with E-state index in [9.17, 15) is 4.79 Å². The van der Waals surface area contributed by atoms with Crippen molar-refractivity contribution in [1.82, 2.24) is 16.0 Å². The highest BCUT2D eigenvalue weighted by Gasteiger charge is 2.35. The first-order valence-corrected chi connectivity index (χ1v) is 10.5. The standard InChI is InChI=1S/C24H32N4O/c1-3-26-22(29)20-13-11-19(12-14-20)17-27-23(25-2)28-18-24(15-7-8-16-24)21-9-5-4-6-10-21/h4-6,9-14H,3,7-8,15-18H2,1-2H3,(H,26,29)(H2,25,27,28). The molecule has 1 fully saturated rings. The van der Waals surface area contributed by atoms with Crippen molar-refractivity contribution in [1.29, 1.82) is 0 Å². The van der Waals surface area contributed by atoms with Gasteiger partial charge in [-0.05, 0) is 43.0 Å². The quantitative estimate of drug-likeness (QED) is 0.498. The normalized spacial score (nSPS) is 15.7. The molecule has 2 aromatic rings. The molecule has 0 unspecified atom stereocenters. The maximum absolute atomic E-state index is 11.9. The van der Waals surface area contributed by atoms with E-state index in [0.717, 1.165) is 18.1 Å². The van der Waals surface area contributed by atoms with Gasteiger partial charge in [-0.3, -0.25) is 9.79 Å². The second-order valence-corrected chi connectivity index (χ2v) is 7.69. The number of nitrogens with zero attached hydrogens (tertiary/aromatic N) is 1. The fraction of sp³-hybridized carbons (Fsp3) is 0.417. The fourth-order valence-corrected chi connectivity index (χ4v) is 4.11. The van der Waals surface area contributed by atoms with Crippen molar-refractivity contribution in [2.24, 2.45) is 4.99 Å². The number of rotatable bonds is 7. The van der Waals surface area contributed by atoms with Crippen LogP contribution < -0.4 is 16.0 Å². The van der Waals surface area contributed by atoms with E-state index in [1.807, 2.05) is 31.2 Å². The first kappa shape index (κ1) is 20.9. The van der Waals surface area contributed by atoms with Gasteiger partial charge in [0.1, 0.15) is 0 Å². The van der Waals surface area contributed by atoms with Crippen LogP contribution in [-0.2, 0) is 12.0 Å². The Hall–Kier alpha value is -2.82. The molecule has 0 saturated heterocycles. The van der Waals surface area contributed by atoms with Crippen molar-refractivity contribution < 1.29 is 4.79 Å². The minimum absolute atomic E-state index is 0.0349. The Balaban J connectivity index is 1.56. The summed E-state index contributed by atoms with van der Waals surface area (Å²) in [5, 5.41) is 9.75. The lowest BCUT2D eigenvalue weighted by atomic mass is 9.79. The number of guanidine groups is 1. The predicted octanol–water partition coefficient (Wildman–Crippen LogP) is 3.61. The Bertz CT molecular complexity index is 809. The molecule has 1 aliphatic rings. The van der Waals surface area contributed by atoms with Crippen LogP contribution in [0.3, 0.4) is 0 Å². The molecule has 3 rings (SSSR count). The molecular formula is C24H32N4O. The zero-order valence-corrected chi connectivity index (χ0v) is 17.5. The van der Waals surface area contributed by atoms with E-state index in [2.05, 4.69) is 51.3 Å². The molecule has 2 aromatic carbocycles. The highest BCUT2D eigenvalue weighted by molar-refractivity contribution is 5.94. The van der Waals surface area contributed by atoms with E-state index in [1.54, 1.807) is 7.05 Å². The minimum Gasteiger partial charge on any atom is -0.356 e. The van der Waals surface area contributed by atoms with Gasteiger partial charge in [0, 0.05) is 37.7 Å². The number of carbonyl (C=O) groups is 1. The summed E-state index contributed by atoms with van der Waals surface area (Å²) in [5.74, 6) is 0.771. The molecule has 5 nitrogen and oxygen atoms in total. The van der Waals surface area contributed by atoms with Crippen molar-refractivity contribution >= 4 is 11.9 Å². The van der Waals surface area contributed by atoms with Crippen LogP contribution >= 0.6 is 0 Å². The number of nitrogens with one attached hydrogen (secondary N) is 3. The van der Waals surface area contributed by atoms with Crippen LogP contribution in [0.25, 0.3) is 0 Å². The highest BCUT2D eigenvalue weighted by Crippen LogP contribution is 2.40. The lowest BCUT2D eigenvalue weighted by Gasteiger charge is -2.30. The average molecular weight is 393 g/mol. The molecule has 0 radical (unpaired) electrons. The Morgan fingerprint density at radius 3 is 2.28 bits per heavy atom. The Morgan fingerprint density at radius 1 is 0.966 bits per heavy atom. The SMILES string of the molecule is CCNC(=O)c1ccc(CNC(=NC)NCC2(c3ccccc3)CCCC2)cc1. The predicted molar refractivity (Wildman–Crippen MR) is 119 cm³/mol. The maximum atomic E-state index is 11.9. The Morgan fingerprint density at radius 2 is 1.66 bits per heavy atom. The smallest absolute Gasteiger partial charge is 0.251 e. The molecule has 0 aromatic heterocycles. The van der Waals surface area contributed by atoms with E-state index in [-0.39, 0.29) is 11.3 Å². The third kappa shape index (κ3) is 5.37. The van der Waals surface area contributed by atoms with Crippen LogP contribution in [0.1, 0.15) is 54.1 Å². The maximum Gasteiger partial charge on any atom is 0.251 e. The molecule has 1 aliphatic carbocycles. The van der Waals surface area contributed by atoms with Gasteiger partial charge in [0.25, 0.3) is 5.91 Å². The monoisotopic (exact) mass is 392 g/mol. The minimum atomic E-state index is -0.0349. The highest BCUT2D eigenvalue weighted by atomic mass is 16.1. The molecule has 0 atom stereocenters. The van der Waals surface area contributed by atoms with Crippen molar-refractivity contribution in [3.63, 3.8) is 0 Å². The summed E-state index contributed by atoms with van der Waals surface area (Å²) in [5.41, 5.74) is 3.40. The molecule has 3 N–H and O–H groups in total. The number of benzene rings is 2. The van der Waals surface area contributed by atoms with E-state index in [1.165, 1.54) is 31.2 Å². The molecule has 0 spiro atoms. The second-order valence-electron chi connectivity index (χ2n) is 7.69. The first-order valence-electron chi connectivity index (χ1n) is 10.5. The van der Waals surface area contributed by atoms with Crippen molar-refractivity contribution in [2.45, 2.75) is 44.6 Å². The summed E-state index contributed by atoms with van der Waals surface area (Å²) in [6, 6.07) is 18.5. The van der Waals surface area contributed by atoms with Gasteiger partial charge in [-0.15, -0.1) is 0 Å². The zero-order valence-electron chi connectivity index (χ0n) is 17.5. The molecule has 154 valence electrons. The topological polar surface area (TPSA) is 65.5 Å². The van der Waals surface area contributed by atoms with Gasteiger partial charge in [-0.2, -0.15) is 0 Å². The molecule has 0 heterocycles. The van der Waals surface area contributed by atoms with E-state index < -0.39 is 0 Å². The number of amides is 1. The van der Waals surface area contributed by atoms with E-state index >= 15 is 0 Å². The zero-order chi connectivity index (χ0) is 20.5. The Labute approximate surface area is 174 Å². The molecule has 5 heteroatoms. The molecular weight excluding hydrogens is 360 g/mol. The van der Waals surface area contributed by atoms with Crippen molar-refractivity contribution in [3.8, 4) is 0 Å². The fourth-order valence-electron chi connectivity index (χ4n) is 4.11. The average Bonchev–Trinajstić information content (AvgIpc) is 3.25. The van der Waals surface area contributed by atoms with Crippen LogP contribution in [0.2, 0.25) is 0 Å². The summed E-state index contributed by atoms with van der Waals surface area (Å²) in [4.78, 5) is 16.3. The van der Waals surface area contributed by atoms with E-state index in [0.29, 0.717) is 18.7 Å². The lowest BCUT2D eigenvalue weighted by Crippen LogP contribution is -2.44. The largest absolute Gasteiger partial charge is 0.356 e. The first-order chi connectivity index (χ1) is 14.2. The van der Waals surface area contributed by atoms with Crippen LogP contribution in [-0.4, -0.2) is 32.0 Å². The van der Waals surface area contributed by atoms with Crippen LogP contribution in [0.5, 0.6) is 0 Å². The number of hydrogen-bond donors (Lipinski definition) is 3. The molecule has 0 aliphatic heterocycles.